The molecule has 114 valence electrons. The van der Waals surface area contributed by atoms with Crippen molar-refractivity contribution in [3.8, 4) is 0 Å². The Bertz CT molecular complexity index is 419. The number of likely N-dealkylation sites (N-methyl/N-ethyl adjacent to an activating group) is 2. The molecular formula is C15H27N3OS. The average molecular weight is 297 g/mol. The van der Waals surface area contributed by atoms with E-state index in [1.54, 1.807) is 11.3 Å². The van der Waals surface area contributed by atoms with Gasteiger partial charge >= 0.3 is 0 Å². The van der Waals surface area contributed by atoms with Gasteiger partial charge in [0.25, 0.3) is 0 Å². The van der Waals surface area contributed by atoms with Gasteiger partial charge in [-0.1, -0.05) is 13.8 Å². The zero-order chi connectivity index (χ0) is 15.1. The SMILES string of the molecule is CCNC(=O)CN(CC)C(c1ccc(C)s1)C(N)CC. The van der Waals surface area contributed by atoms with Gasteiger partial charge in [0.05, 0.1) is 12.6 Å². The molecule has 2 unspecified atom stereocenters. The van der Waals surface area contributed by atoms with Gasteiger partial charge in [-0.05, 0) is 38.9 Å². The van der Waals surface area contributed by atoms with Crippen molar-refractivity contribution in [2.75, 3.05) is 19.6 Å². The van der Waals surface area contributed by atoms with Crippen molar-refractivity contribution in [3.05, 3.63) is 21.9 Å². The first-order chi connectivity index (χ1) is 9.53. The molecule has 0 bridgehead atoms. The van der Waals surface area contributed by atoms with E-state index in [1.807, 2.05) is 6.92 Å². The summed E-state index contributed by atoms with van der Waals surface area (Å²) in [5, 5.41) is 2.86. The molecule has 1 rings (SSSR count). The first kappa shape index (κ1) is 17.1. The highest BCUT2D eigenvalue weighted by Gasteiger charge is 2.27. The van der Waals surface area contributed by atoms with Crippen LogP contribution in [0.1, 0.15) is 43.0 Å². The van der Waals surface area contributed by atoms with Gasteiger partial charge in [-0.3, -0.25) is 9.69 Å². The van der Waals surface area contributed by atoms with Crippen molar-refractivity contribution in [3.63, 3.8) is 0 Å². The second-order valence-electron chi connectivity index (χ2n) is 4.98. The van der Waals surface area contributed by atoms with Crippen LogP contribution in [0.15, 0.2) is 12.1 Å². The van der Waals surface area contributed by atoms with Crippen LogP contribution in [0.25, 0.3) is 0 Å². The molecule has 5 heteroatoms. The van der Waals surface area contributed by atoms with E-state index in [9.17, 15) is 4.79 Å². The number of amides is 1. The highest BCUT2D eigenvalue weighted by atomic mass is 32.1. The maximum Gasteiger partial charge on any atom is 0.234 e. The molecule has 0 aromatic carbocycles. The van der Waals surface area contributed by atoms with Gasteiger partial charge in [-0.2, -0.15) is 0 Å². The Labute approximate surface area is 126 Å². The van der Waals surface area contributed by atoms with Gasteiger partial charge in [0.15, 0.2) is 0 Å². The van der Waals surface area contributed by atoms with E-state index in [0.29, 0.717) is 13.1 Å². The van der Waals surface area contributed by atoms with Crippen molar-refractivity contribution < 1.29 is 4.79 Å². The molecule has 0 aliphatic heterocycles. The Morgan fingerprint density at radius 2 is 2.10 bits per heavy atom. The zero-order valence-electron chi connectivity index (χ0n) is 13.0. The predicted octanol–water partition coefficient (Wildman–Crippen LogP) is 2.29. The number of rotatable bonds is 8. The highest BCUT2D eigenvalue weighted by Crippen LogP contribution is 2.30. The number of nitrogens with one attached hydrogen (secondary N) is 1. The standard InChI is InChI=1S/C15H27N3OS/c1-5-12(16)15(13-9-8-11(4)20-13)18(7-3)10-14(19)17-6-2/h8-9,12,15H,5-7,10,16H2,1-4H3,(H,17,19). The molecule has 0 saturated carbocycles. The van der Waals surface area contributed by atoms with Crippen LogP contribution in [0.2, 0.25) is 0 Å². The lowest BCUT2D eigenvalue weighted by molar-refractivity contribution is -0.122. The van der Waals surface area contributed by atoms with E-state index in [0.717, 1.165) is 13.0 Å². The fraction of sp³-hybridized carbons (Fsp3) is 0.667. The molecule has 0 aliphatic carbocycles. The fourth-order valence-electron chi connectivity index (χ4n) is 2.34. The summed E-state index contributed by atoms with van der Waals surface area (Å²) < 4.78 is 0. The van der Waals surface area contributed by atoms with E-state index in [2.05, 4.69) is 43.1 Å². The second kappa shape index (κ2) is 8.39. The van der Waals surface area contributed by atoms with Crippen molar-refractivity contribution in [1.82, 2.24) is 10.2 Å². The van der Waals surface area contributed by atoms with Crippen LogP contribution >= 0.6 is 11.3 Å². The third-order valence-corrected chi connectivity index (χ3v) is 4.52. The number of carbonyl (C=O) groups is 1. The largest absolute Gasteiger partial charge is 0.355 e. The average Bonchev–Trinajstić information content (AvgIpc) is 2.84. The summed E-state index contributed by atoms with van der Waals surface area (Å²) in [4.78, 5) is 16.6. The van der Waals surface area contributed by atoms with E-state index >= 15 is 0 Å². The van der Waals surface area contributed by atoms with E-state index in [1.165, 1.54) is 9.75 Å². The summed E-state index contributed by atoms with van der Waals surface area (Å²) >= 11 is 1.77. The number of hydrogen-bond donors (Lipinski definition) is 2. The molecular weight excluding hydrogens is 270 g/mol. The summed E-state index contributed by atoms with van der Waals surface area (Å²) in [6.45, 7) is 10.1. The van der Waals surface area contributed by atoms with Gasteiger partial charge in [0.1, 0.15) is 0 Å². The van der Waals surface area contributed by atoms with Crippen molar-refractivity contribution >= 4 is 17.2 Å². The topological polar surface area (TPSA) is 58.4 Å². The Morgan fingerprint density at radius 3 is 2.55 bits per heavy atom. The molecule has 20 heavy (non-hydrogen) atoms. The van der Waals surface area contributed by atoms with Crippen LogP contribution in [0.5, 0.6) is 0 Å². The minimum atomic E-state index is 0.0439. The van der Waals surface area contributed by atoms with Crippen LogP contribution in [-0.2, 0) is 4.79 Å². The summed E-state index contributed by atoms with van der Waals surface area (Å²) in [7, 11) is 0. The van der Waals surface area contributed by atoms with Crippen LogP contribution in [0.3, 0.4) is 0 Å². The van der Waals surface area contributed by atoms with E-state index < -0.39 is 0 Å². The minimum Gasteiger partial charge on any atom is -0.355 e. The third kappa shape index (κ3) is 4.58. The highest BCUT2D eigenvalue weighted by molar-refractivity contribution is 7.12. The number of nitrogens with two attached hydrogens (primary N) is 1. The summed E-state index contributed by atoms with van der Waals surface area (Å²) in [6, 6.07) is 4.42. The molecule has 0 radical (unpaired) electrons. The Hall–Kier alpha value is -0.910. The molecule has 0 aliphatic rings. The van der Waals surface area contributed by atoms with E-state index in [4.69, 9.17) is 5.73 Å². The maximum absolute atomic E-state index is 11.9. The summed E-state index contributed by atoms with van der Waals surface area (Å²) in [5.41, 5.74) is 6.32. The number of aryl methyl sites for hydroxylation is 1. The molecule has 0 spiro atoms. The quantitative estimate of drug-likeness (QED) is 0.774. The molecule has 1 aromatic rings. The van der Waals surface area contributed by atoms with Gasteiger partial charge in [0.2, 0.25) is 5.91 Å². The molecule has 2 atom stereocenters. The molecule has 0 saturated heterocycles. The summed E-state index contributed by atoms with van der Waals surface area (Å²) in [5.74, 6) is 0.0657. The Balaban J connectivity index is 2.92. The monoisotopic (exact) mass is 297 g/mol. The van der Waals surface area contributed by atoms with Gasteiger partial charge < -0.3 is 11.1 Å². The lowest BCUT2D eigenvalue weighted by Crippen LogP contribution is -2.45. The van der Waals surface area contributed by atoms with Crippen LogP contribution in [0.4, 0.5) is 0 Å². The molecule has 1 heterocycles. The van der Waals surface area contributed by atoms with Gasteiger partial charge in [-0.25, -0.2) is 0 Å². The maximum atomic E-state index is 11.9. The van der Waals surface area contributed by atoms with Crippen LogP contribution in [-0.4, -0.2) is 36.5 Å². The lowest BCUT2D eigenvalue weighted by Gasteiger charge is -2.33. The minimum absolute atomic E-state index is 0.0439. The molecule has 4 nitrogen and oxygen atoms in total. The summed E-state index contributed by atoms with van der Waals surface area (Å²) in [6.07, 6.45) is 0.896. The number of thiophene rings is 1. The zero-order valence-corrected chi connectivity index (χ0v) is 13.8. The predicted molar refractivity (Wildman–Crippen MR) is 86.0 cm³/mol. The molecule has 1 aromatic heterocycles. The first-order valence-electron chi connectivity index (χ1n) is 7.36. The number of carbonyl (C=O) groups excluding carboxylic acids is 1. The Kier molecular flexibility index (Phi) is 7.19. The number of nitrogens with zero attached hydrogens (tertiary/aromatic N) is 1. The molecule has 0 fully saturated rings. The van der Waals surface area contributed by atoms with E-state index in [-0.39, 0.29) is 18.0 Å². The van der Waals surface area contributed by atoms with Gasteiger partial charge in [0, 0.05) is 22.3 Å². The fourth-order valence-corrected chi connectivity index (χ4v) is 3.43. The normalized spacial score (nSPS) is 14.3. The molecule has 1 amide bonds. The second-order valence-corrected chi connectivity index (χ2v) is 6.30. The molecule has 3 N–H and O–H groups in total. The van der Waals surface area contributed by atoms with Crippen LogP contribution in [0, 0.1) is 6.92 Å². The Morgan fingerprint density at radius 1 is 1.40 bits per heavy atom. The lowest BCUT2D eigenvalue weighted by atomic mass is 10.0. The van der Waals surface area contributed by atoms with Gasteiger partial charge in [-0.15, -0.1) is 11.3 Å². The van der Waals surface area contributed by atoms with Crippen molar-refractivity contribution in [1.29, 1.82) is 0 Å². The smallest absolute Gasteiger partial charge is 0.234 e. The van der Waals surface area contributed by atoms with Crippen molar-refractivity contribution in [2.24, 2.45) is 5.73 Å². The third-order valence-electron chi connectivity index (χ3n) is 3.45. The van der Waals surface area contributed by atoms with Crippen LogP contribution < -0.4 is 11.1 Å². The first-order valence-corrected chi connectivity index (χ1v) is 8.17. The number of hydrogen-bond acceptors (Lipinski definition) is 4. The van der Waals surface area contributed by atoms with Crippen molar-refractivity contribution in [2.45, 2.75) is 46.2 Å².